The number of hydrogen-bond donors (Lipinski definition) is 10. The van der Waals surface area contributed by atoms with Crippen LogP contribution >= 0.6 is 0 Å². The lowest BCUT2D eigenvalue weighted by molar-refractivity contribution is -0.277. The Morgan fingerprint density at radius 2 is 1.11 bits per heavy atom. The molecule has 0 aliphatic carbocycles. The molecule has 4 fully saturated rings. The SMILES string of the molecule is C=C1C[C@H]2C(O)N(C(=O)OCc3ccc(O[C@@H]4OC[C@@H](O)[C@H](O)[C@H]4O)c(C(=O)CC(C)(C)C)c3)c3cc(OCCCCCOc4cc5c(cc4C)C(=O)N4CC(=C)C[C@H]4C(O)N5C(=O)OCc4ccc(O[C@@H]5O[C@H](CO)[C@H](O)[C@H](O)[C@H]5O)c(C(=O)NCCOC)c4)c(C)cc3C(=O)N2C1. The minimum atomic E-state index is -1.80. The Morgan fingerprint density at radius 3 is 1.62 bits per heavy atom. The Balaban J connectivity index is 0.805. The second-order valence-corrected chi connectivity index (χ2v) is 26.9. The molecule has 10 N–H and O–H groups in total. The summed E-state index contributed by atoms with van der Waals surface area (Å²) < 4.78 is 52.1. The van der Waals surface area contributed by atoms with Crippen molar-refractivity contribution in [2.75, 3.05) is 69.6 Å². The van der Waals surface area contributed by atoms with E-state index in [1.54, 1.807) is 26.0 Å². The summed E-state index contributed by atoms with van der Waals surface area (Å²) in [7, 11) is 1.44. The molecule has 6 aliphatic heterocycles. The molecule has 5 amide bonds. The third-order valence-corrected chi connectivity index (χ3v) is 18.0. The highest BCUT2D eigenvalue weighted by Gasteiger charge is 2.49. The number of nitrogens with zero attached hydrogens (tertiary/aromatic N) is 4. The first-order chi connectivity index (χ1) is 47.1. The molecule has 0 spiro atoms. The molecule has 2 unspecified atom stereocenters. The van der Waals surface area contributed by atoms with Gasteiger partial charge in [-0.05, 0) is 110 Å². The van der Waals surface area contributed by atoms with E-state index in [-0.39, 0.29) is 122 Å². The monoisotopic (exact) mass is 1380 g/mol. The molecule has 6 heterocycles. The number of hydrogen-bond acceptors (Lipinski definition) is 24. The molecule has 29 heteroatoms. The molecular formula is C70H87N5O24. The van der Waals surface area contributed by atoms with E-state index in [0.29, 0.717) is 58.6 Å². The van der Waals surface area contributed by atoms with Crippen molar-refractivity contribution in [3.8, 4) is 23.0 Å². The Hall–Kier alpha value is -8.30. The second-order valence-electron chi connectivity index (χ2n) is 26.9. The van der Waals surface area contributed by atoms with Gasteiger partial charge in [-0.3, -0.25) is 19.2 Å². The Morgan fingerprint density at radius 1 is 0.616 bits per heavy atom. The number of carbonyl (C=O) groups is 6. The van der Waals surface area contributed by atoms with Crippen molar-refractivity contribution < 1.29 is 117 Å². The van der Waals surface area contributed by atoms with Crippen LogP contribution in [0, 0.1) is 19.3 Å². The Bertz CT molecular complexity index is 3710. The minimum Gasteiger partial charge on any atom is -0.493 e. The number of carbonyl (C=O) groups excluding carboxylic acids is 6. The van der Waals surface area contributed by atoms with E-state index < -0.39 is 135 Å². The molecule has 0 bridgehead atoms. The summed E-state index contributed by atoms with van der Waals surface area (Å²) in [5.41, 5.74) is 2.75. The lowest BCUT2D eigenvalue weighted by Gasteiger charge is -2.39. The van der Waals surface area contributed by atoms with Crippen molar-refractivity contribution in [3.63, 3.8) is 0 Å². The van der Waals surface area contributed by atoms with Crippen LogP contribution in [0.5, 0.6) is 23.0 Å². The zero-order chi connectivity index (χ0) is 71.5. The number of benzene rings is 4. The van der Waals surface area contributed by atoms with Crippen LogP contribution in [0.4, 0.5) is 21.0 Å². The van der Waals surface area contributed by atoms with Gasteiger partial charge in [0.15, 0.2) is 18.2 Å². The first-order valence-electron chi connectivity index (χ1n) is 32.7. The number of amides is 5. The van der Waals surface area contributed by atoms with Gasteiger partial charge in [-0.2, -0.15) is 0 Å². The van der Waals surface area contributed by atoms with E-state index in [1.165, 1.54) is 65.4 Å². The largest absolute Gasteiger partial charge is 0.493 e. The molecule has 0 aromatic heterocycles. The van der Waals surface area contributed by atoms with E-state index in [1.807, 2.05) is 20.8 Å². The molecule has 6 aliphatic rings. The molecule has 4 saturated heterocycles. The molecule has 0 saturated carbocycles. The fourth-order valence-corrected chi connectivity index (χ4v) is 12.7. The number of aliphatic hydroxyl groups is 9. The normalized spacial score (nSPS) is 26.0. The summed E-state index contributed by atoms with van der Waals surface area (Å²) >= 11 is 0. The van der Waals surface area contributed by atoms with Gasteiger partial charge in [0.1, 0.15) is 78.9 Å². The minimum absolute atomic E-state index is 0.00530. The quantitative estimate of drug-likeness (QED) is 0.0289. The lowest BCUT2D eigenvalue weighted by Crippen LogP contribution is -2.60. The molecule has 10 rings (SSSR count). The number of anilines is 2. The summed E-state index contributed by atoms with van der Waals surface area (Å²) in [6.07, 6.45) is -17.5. The van der Waals surface area contributed by atoms with Crippen LogP contribution in [0.15, 0.2) is 85.0 Å². The second kappa shape index (κ2) is 31.1. The highest BCUT2D eigenvalue weighted by molar-refractivity contribution is 6.07. The van der Waals surface area contributed by atoms with Crippen LogP contribution in [0.25, 0.3) is 0 Å². The molecule has 0 radical (unpaired) electrons. The maximum Gasteiger partial charge on any atom is 0.416 e. The van der Waals surface area contributed by atoms with Crippen molar-refractivity contribution >= 4 is 47.1 Å². The number of ether oxygens (including phenoxy) is 9. The fourth-order valence-electron chi connectivity index (χ4n) is 12.7. The number of Topliss-reactive ketones (excluding diaryl/α,β-unsaturated/α-hetero) is 1. The number of fused-ring (bicyclic) bond motifs is 4. The van der Waals surface area contributed by atoms with Gasteiger partial charge in [-0.1, -0.05) is 57.2 Å². The zero-order valence-corrected chi connectivity index (χ0v) is 55.9. The average molecular weight is 1380 g/mol. The summed E-state index contributed by atoms with van der Waals surface area (Å²) in [4.78, 5) is 89.9. The highest BCUT2D eigenvalue weighted by atomic mass is 16.7. The molecule has 4 aromatic carbocycles. The Kier molecular flexibility index (Phi) is 23.0. The summed E-state index contributed by atoms with van der Waals surface area (Å²) in [5.74, 6) is -1.45. The van der Waals surface area contributed by atoms with Crippen LogP contribution in [-0.4, -0.2) is 231 Å². The van der Waals surface area contributed by atoms with Crippen LogP contribution in [0.2, 0.25) is 0 Å². The first-order valence-corrected chi connectivity index (χ1v) is 32.7. The molecule has 99 heavy (non-hydrogen) atoms. The van der Waals surface area contributed by atoms with Crippen molar-refractivity contribution in [1.82, 2.24) is 15.1 Å². The number of nitrogens with one attached hydrogen (secondary N) is 1. The molecule has 13 atom stereocenters. The molecule has 29 nitrogen and oxygen atoms in total. The Labute approximate surface area is 571 Å². The van der Waals surface area contributed by atoms with Gasteiger partial charge >= 0.3 is 12.2 Å². The standard InChI is InChI=1S/C70H87N5O24/c1-35-20-47-64(87)74(68(89)95-32-39-12-14-51(43(24-39)49(77)28-70(5,6)7)97-66-59(82)56(79)50(78)34-94-66)45-26-53(37(3)22-41(45)62(85)72(47)29-35)92-17-10-9-11-18-93-54-27-46-42(23-38(54)4)63(86)73-30-36(2)21-48(73)65(88)75(46)69(90)96-33-40-13-15-52(44(25-40)61(84)71-16-19-91-8)98-67-60(83)58(81)57(80)55(31-76)99-67/h12-15,22-27,47-48,50,55-60,64-67,76,78-83,87-88H,1-2,9-11,16-21,28-34H2,3-8H3,(H,71,84)/t47-,48-,50+,55+,56-,57-,58-,59+,60+,64?,65?,66-,67+/m0/s1. The van der Waals surface area contributed by atoms with Crippen molar-refractivity contribution in [3.05, 3.63) is 129 Å². The molecule has 4 aromatic rings. The van der Waals surface area contributed by atoms with Gasteiger partial charge in [0.05, 0.1) is 78.7 Å². The van der Waals surface area contributed by atoms with E-state index in [4.69, 9.17) is 42.6 Å². The molecular weight excluding hydrogens is 1290 g/mol. The van der Waals surface area contributed by atoms with Gasteiger partial charge < -0.3 is 104 Å². The number of ketones is 1. The van der Waals surface area contributed by atoms with Crippen LogP contribution < -0.4 is 34.1 Å². The van der Waals surface area contributed by atoms with Gasteiger partial charge in [0.2, 0.25) is 12.6 Å². The number of rotatable bonds is 23. The zero-order valence-electron chi connectivity index (χ0n) is 55.9. The summed E-state index contributed by atoms with van der Waals surface area (Å²) in [6.45, 7) is 16.1. The van der Waals surface area contributed by atoms with Crippen molar-refractivity contribution in [1.29, 1.82) is 0 Å². The number of unbranched alkanes of at least 4 members (excludes halogenated alkanes) is 2. The molecule has 536 valence electrons. The maximum absolute atomic E-state index is 14.5. The lowest BCUT2D eigenvalue weighted by atomic mass is 9.87. The van der Waals surface area contributed by atoms with Gasteiger partial charge in [0.25, 0.3) is 17.7 Å². The third-order valence-electron chi connectivity index (χ3n) is 18.0. The van der Waals surface area contributed by atoms with E-state index in [9.17, 15) is 74.7 Å². The van der Waals surface area contributed by atoms with Gasteiger partial charge in [-0.15, -0.1) is 0 Å². The smallest absolute Gasteiger partial charge is 0.416 e. The van der Waals surface area contributed by atoms with Gasteiger partial charge in [-0.25, -0.2) is 19.4 Å². The third kappa shape index (κ3) is 16.1. The van der Waals surface area contributed by atoms with Crippen molar-refractivity contribution in [2.24, 2.45) is 5.41 Å². The van der Waals surface area contributed by atoms with E-state index >= 15 is 0 Å². The van der Waals surface area contributed by atoms with Crippen LogP contribution in [-0.2, 0) is 36.9 Å². The van der Waals surface area contributed by atoms with Crippen LogP contribution in [0.1, 0.15) is 123 Å². The topological polar surface area (TPSA) is 393 Å². The predicted octanol–water partition coefficient (Wildman–Crippen LogP) is 3.41. The fraction of sp³-hybridized carbons (Fsp3) is 0.514. The van der Waals surface area contributed by atoms with E-state index in [2.05, 4.69) is 18.5 Å². The predicted molar refractivity (Wildman–Crippen MR) is 350 cm³/mol. The van der Waals surface area contributed by atoms with Crippen molar-refractivity contribution in [2.45, 2.75) is 166 Å². The number of aryl methyl sites for hydroxylation is 2. The average Bonchev–Trinajstić information content (AvgIpc) is 1.62. The van der Waals surface area contributed by atoms with E-state index in [0.717, 1.165) is 9.80 Å². The maximum atomic E-state index is 14.5. The van der Waals surface area contributed by atoms with Gasteiger partial charge in [0, 0.05) is 45.3 Å². The highest BCUT2D eigenvalue weighted by Crippen LogP contribution is 2.43. The summed E-state index contributed by atoms with van der Waals surface area (Å²) in [5, 5.41) is 98.9. The number of aliphatic hydroxyl groups excluding tert-OH is 9. The number of methoxy groups -OCH3 is 1. The first kappa shape index (κ1) is 73.4. The van der Waals surface area contributed by atoms with Crippen LogP contribution in [0.3, 0.4) is 0 Å². The summed E-state index contributed by atoms with van der Waals surface area (Å²) in [6, 6.07) is 13.0.